The predicted octanol–water partition coefficient (Wildman–Crippen LogP) is 2.85. The van der Waals surface area contributed by atoms with Crippen LogP contribution in [0.15, 0.2) is 29.2 Å². The average Bonchev–Trinajstić information content (AvgIpc) is 2.38. The number of rotatable bonds is 4. The van der Waals surface area contributed by atoms with Gasteiger partial charge in [0.1, 0.15) is 0 Å². The molecule has 1 saturated heterocycles. The summed E-state index contributed by atoms with van der Waals surface area (Å²) in [6.07, 6.45) is 2.19. The lowest BCUT2D eigenvalue weighted by Gasteiger charge is -2.33. The lowest BCUT2D eigenvalue weighted by atomic mass is 9.99. The molecular weight excluding hydrogens is 274 g/mol. The molecule has 2 rings (SSSR count). The van der Waals surface area contributed by atoms with Crippen LogP contribution in [0.25, 0.3) is 0 Å². The number of hydrogen-bond acceptors (Lipinski definition) is 4. The Labute approximate surface area is 121 Å². The molecule has 0 bridgehead atoms. The van der Waals surface area contributed by atoms with E-state index in [-0.39, 0.29) is 24.0 Å². The standard InChI is InChI=1S/C15H23NO3S/c1-4-20(17,18)15-8-6-5-7-14(15)16-13-9-11(2)19-12(3)10-13/h5-8,11-13,16H,4,9-10H2,1-3H3. The van der Waals surface area contributed by atoms with E-state index in [9.17, 15) is 8.42 Å². The topological polar surface area (TPSA) is 55.4 Å². The molecule has 0 amide bonds. The lowest BCUT2D eigenvalue weighted by Crippen LogP contribution is -2.37. The fourth-order valence-electron chi connectivity index (χ4n) is 2.76. The van der Waals surface area contributed by atoms with E-state index >= 15 is 0 Å². The first-order chi connectivity index (χ1) is 9.42. The van der Waals surface area contributed by atoms with Crippen LogP contribution in [0.1, 0.15) is 33.6 Å². The Morgan fingerprint density at radius 1 is 1.20 bits per heavy atom. The summed E-state index contributed by atoms with van der Waals surface area (Å²) in [7, 11) is -3.20. The first kappa shape index (κ1) is 15.3. The van der Waals surface area contributed by atoms with Crippen molar-refractivity contribution in [3.8, 4) is 0 Å². The summed E-state index contributed by atoms with van der Waals surface area (Å²) in [6.45, 7) is 5.78. The van der Waals surface area contributed by atoms with Gasteiger partial charge in [-0.1, -0.05) is 19.1 Å². The molecule has 2 atom stereocenters. The highest BCUT2D eigenvalue weighted by molar-refractivity contribution is 7.91. The molecule has 1 N–H and O–H groups in total. The summed E-state index contributed by atoms with van der Waals surface area (Å²) < 4.78 is 30.0. The number of anilines is 1. The Hall–Kier alpha value is -1.07. The fraction of sp³-hybridized carbons (Fsp3) is 0.600. The van der Waals surface area contributed by atoms with Gasteiger partial charge in [-0.15, -0.1) is 0 Å². The monoisotopic (exact) mass is 297 g/mol. The van der Waals surface area contributed by atoms with Gasteiger partial charge in [-0.25, -0.2) is 8.42 Å². The number of sulfone groups is 1. The highest BCUT2D eigenvalue weighted by atomic mass is 32.2. The number of nitrogens with one attached hydrogen (secondary N) is 1. The fourth-order valence-corrected chi connectivity index (χ4v) is 3.81. The van der Waals surface area contributed by atoms with Crippen LogP contribution < -0.4 is 5.32 Å². The van der Waals surface area contributed by atoms with Crippen LogP contribution in [0, 0.1) is 0 Å². The molecule has 1 fully saturated rings. The molecule has 1 aromatic rings. The van der Waals surface area contributed by atoms with E-state index in [0.29, 0.717) is 10.6 Å². The Kier molecular flexibility index (Phi) is 4.70. The highest BCUT2D eigenvalue weighted by Crippen LogP contribution is 2.27. The molecule has 0 aromatic heterocycles. The first-order valence-corrected chi connectivity index (χ1v) is 8.81. The van der Waals surface area contributed by atoms with Crippen molar-refractivity contribution in [3.63, 3.8) is 0 Å². The maximum atomic E-state index is 12.1. The van der Waals surface area contributed by atoms with Crippen LogP contribution in [0.3, 0.4) is 0 Å². The molecule has 1 aliphatic rings. The third-order valence-electron chi connectivity index (χ3n) is 3.66. The molecule has 2 unspecified atom stereocenters. The highest BCUT2D eigenvalue weighted by Gasteiger charge is 2.26. The quantitative estimate of drug-likeness (QED) is 0.928. The Balaban J connectivity index is 2.22. The average molecular weight is 297 g/mol. The Morgan fingerprint density at radius 2 is 1.80 bits per heavy atom. The van der Waals surface area contributed by atoms with Crippen molar-refractivity contribution in [2.24, 2.45) is 0 Å². The summed E-state index contributed by atoms with van der Waals surface area (Å²) in [6, 6.07) is 7.40. The van der Waals surface area contributed by atoms with Gasteiger partial charge in [0.2, 0.25) is 0 Å². The van der Waals surface area contributed by atoms with Crippen molar-refractivity contribution in [2.75, 3.05) is 11.1 Å². The molecular formula is C15H23NO3S. The van der Waals surface area contributed by atoms with E-state index in [1.54, 1.807) is 19.1 Å². The van der Waals surface area contributed by atoms with Gasteiger partial charge in [-0.05, 0) is 38.8 Å². The zero-order chi connectivity index (χ0) is 14.8. The largest absolute Gasteiger partial charge is 0.381 e. The number of benzene rings is 1. The minimum absolute atomic E-state index is 0.117. The predicted molar refractivity (Wildman–Crippen MR) is 80.8 cm³/mol. The van der Waals surface area contributed by atoms with E-state index in [1.165, 1.54) is 0 Å². The maximum absolute atomic E-state index is 12.1. The van der Waals surface area contributed by atoms with Crippen LogP contribution in [-0.4, -0.2) is 32.4 Å². The van der Waals surface area contributed by atoms with Gasteiger partial charge in [-0.3, -0.25) is 0 Å². The van der Waals surface area contributed by atoms with Gasteiger partial charge >= 0.3 is 0 Å². The van der Waals surface area contributed by atoms with Gasteiger partial charge in [0.25, 0.3) is 0 Å². The van der Waals surface area contributed by atoms with Crippen molar-refractivity contribution in [1.82, 2.24) is 0 Å². The van der Waals surface area contributed by atoms with E-state index in [0.717, 1.165) is 12.8 Å². The van der Waals surface area contributed by atoms with Gasteiger partial charge in [0.15, 0.2) is 9.84 Å². The Bertz CT molecular complexity index is 546. The van der Waals surface area contributed by atoms with Gasteiger partial charge < -0.3 is 10.1 Å². The minimum Gasteiger partial charge on any atom is -0.381 e. The second-order valence-electron chi connectivity index (χ2n) is 5.47. The second kappa shape index (κ2) is 6.14. The molecule has 20 heavy (non-hydrogen) atoms. The smallest absolute Gasteiger partial charge is 0.180 e. The SMILES string of the molecule is CCS(=O)(=O)c1ccccc1NC1CC(C)OC(C)C1. The lowest BCUT2D eigenvalue weighted by molar-refractivity contribution is -0.0338. The molecule has 1 heterocycles. The van der Waals surface area contributed by atoms with E-state index in [4.69, 9.17) is 4.74 Å². The van der Waals surface area contributed by atoms with E-state index in [1.807, 2.05) is 12.1 Å². The molecule has 0 spiro atoms. The van der Waals surface area contributed by atoms with Crippen molar-refractivity contribution < 1.29 is 13.2 Å². The number of ether oxygens (including phenoxy) is 1. The maximum Gasteiger partial charge on any atom is 0.180 e. The first-order valence-electron chi connectivity index (χ1n) is 7.16. The summed E-state index contributed by atoms with van der Waals surface area (Å²) in [5.74, 6) is 0.117. The minimum atomic E-state index is -3.20. The summed E-state index contributed by atoms with van der Waals surface area (Å²) in [5, 5.41) is 3.39. The van der Waals surface area contributed by atoms with Crippen LogP contribution >= 0.6 is 0 Å². The molecule has 5 heteroatoms. The van der Waals surface area contributed by atoms with Crippen LogP contribution in [0.4, 0.5) is 5.69 Å². The molecule has 4 nitrogen and oxygen atoms in total. The van der Waals surface area contributed by atoms with Gasteiger partial charge in [-0.2, -0.15) is 0 Å². The van der Waals surface area contributed by atoms with Gasteiger partial charge in [0.05, 0.1) is 28.5 Å². The normalized spacial score (nSPS) is 27.2. The van der Waals surface area contributed by atoms with Crippen LogP contribution in [0.5, 0.6) is 0 Å². The van der Waals surface area contributed by atoms with Crippen molar-refractivity contribution in [3.05, 3.63) is 24.3 Å². The zero-order valence-electron chi connectivity index (χ0n) is 12.3. The summed E-state index contributed by atoms with van der Waals surface area (Å²) >= 11 is 0. The summed E-state index contributed by atoms with van der Waals surface area (Å²) in [4.78, 5) is 0.397. The molecule has 0 radical (unpaired) electrons. The number of hydrogen-bond donors (Lipinski definition) is 1. The number of para-hydroxylation sites is 1. The van der Waals surface area contributed by atoms with E-state index in [2.05, 4.69) is 19.2 Å². The molecule has 1 aliphatic heterocycles. The van der Waals surface area contributed by atoms with E-state index < -0.39 is 9.84 Å². The van der Waals surface area contributed by atoms with Crippen molar-refractivity contribution in [1.29, 1.82) is 0 Å². The van der Waals surface area contributed by atoms with Gasteiger partial charge in [0, 0.05) is 6.04 Å². The molecule has 112 valence electrons. The van der Waals surface area contributed by atoms with Crippen molar-refractivity contribution >= 4 is 15.5 Å². The molecule has 0 aliphatic carbocycles. The second-order valence-corrected chi connectivity index (χ2v) is 7.72. The zero-order valence-corrected chi connectivity index (χ0v) is 13.1. The molecule has 1 aromatic carbocycles. The van der Waals surface area contributed by atoms with Crippen molar-refractivity contribution in [2.45, 2.75) is 56.8 Å². The third-order valence-corrected chi connectivity index (χ3v) is 5.45. The third kappa shape index (κ3) is 3.52. The summed E-state index contributed by atoms with van der Waals surface area (Å²) in [5.41, 5.74) is 0.709. The Morgan fingerprint density at radius 3 is 2.40 bits per heavy atom. The molecule has 0 saturated carbocycles. The van der Waals surface area contributed by atoms with Crippen LogP contribution in [-0.2, 0) is 14.6 Å². The van der Waals surface area contributed by atoms with Crippen LogP contribution in [0.2, 0.25) is 0 Å².